The number of ether oxygens (including phenoxy) is 1. The van der Waals surface area contributed by atoms with Gasteiger partial charge in [0.05, 0.1) is 13.3 Å². The average molecular weight is 383 g/mol. The van der Waals surface area contributed by atoms with Gasteiger partial charge < -0.3 is 15.2 Å². The lowest BCUT2D eigenvalue weighted by atomic mass is 9.77. The van der Waals surface area contributed by atoms with Gasteiger partial charge in [0.2, 0.25) is 0 Å². The number of nitrogens with one attached hydrogen (secondary N) is 2. The molecule has 0 amide bonds. The number of benzene rings is 2. The fourth-order valence-electron chi connectivity index (χ4n) is 4.09. The van der Waals surface area contributed by atoms with E-state index in [1.54, 1.807) is 0 Å². The topological polar surface area (TPSA) is 53.5 Å². The van der Waals surface area contributed by atoms with Crippen LogP contribution in [0.3, 0.4) is 0 Å². The van der Waals surface area contributed by atoms with Gasteiger partial charge in [-0.15, -0.1) is 0 Å². The zero-order valence-electron chi connectivity index (χ0n) is 17.1. The second kappa shape index (κ2) is 10.2. The zero-order chi connectivity index (χ0) is 19.8. The molecule has 1 saturated heterocycles. The van der Waals surface area contributed by atoms with E-state index in [0.717, 1.165) is 24.1 Å². The molecule has 152 valence electrons. The Morgan fingerprint density at radius 3 is 2.18 bits per heavy atom. The average Bonchev–Trinajstić information content (AvgIpc) is 3.24. The maximum atomic E-state index is 12.0. The van der Waals surface area contributed by atoms with Crippen molar-refractivity contribution in [2.45, 2.75) is 50.8 Å². The predicted molar refractivity (Wildman–Crippen MR) is 114 cm³/mol. The smallest absolute Gasteiger partial charge is 0.130 e. The quantitative estimate of drug-likeness (QED) is 0.434. The molecule has 1 heterocycles. The van der Waals surface area contributed by atoms with Crippen LogP contribution in [0.1, 0.15) is 44.2 Å². The minimum absolute atomic E-state index is 0.158. The molecule has 1 fully saturated rings. The van der Waals surface area contributed by atoms with Crippen molar-refractivity contribution in [3.05, 3.63) is 71.8 Å². The van der Waals surface area contributed by atoms with Crippen LogP contribution in [-0.4, -0.2) is 37.1 Å². The van der Waals surface area contributed by atoms with Crippen molar-refractivity contribution in [1.82, 2.24) is 10.6 Å². The molecule has 3 rings (SSSR count). The van der Waals surface area contributed by atoms with Gasteiger partial charge in [0.15, 0.2) is 0 Å². The Kier molecular flexibility index (Phi) is 7.63. The van der Waals surface area contributed by atoms with Gasteiger partial charge in [0.25, 0.3) is 0 Å². The van der Waals surface area contributed by atoms with Crippen molar-refractivity contribution < 1.29 is 9.84 Å². The highest BCUT2D eigenvalue weighted by molar-refractivity contribution is 5.38. The fraction of sp³-hybridized carbons (Fsp3) is 0.500. The highest BCUT2D eigenvalue weighted by Gasteiger charge is 2.40. The Balaban J connectivity index is 1.80. The summed E-state index contributed by atoms with van der Waals surface area (Å²) in [4.78, 5) is 0. The third-order valence-electron chi connectivity index (χ3n) is 5.55. The zero-order valence-corrected chi connectivity index (χ0v) is 17.1. The summed E-state index contributed by atoms with van der Waals surface area (Å²) < 4.78 is 5.91. The predicted octanol–water partition coefficient (Wildman–Crippen LogP) is 3.65. The Hall–Kier alpha value is -1.72. The minimum atomic E-state index is -1.12. The summed E-state index contributed by atoms with van der Waals surface area (Å²) in [6.07, 6.45) is 3.23. The van der Waals surface area contributed by atoms with Gasteiger partial charge in [-0.1, -0.05) is 74.5 Å². The van der Waals surface area contributed by atoms with Crippen LogP contribution < -0.4 is 10.6 Å². The van der Waals surface area contributed by atoms with Crippen molar-refractivity contribution in [1.29, 1.82) is 0 Å². The molecule has 4 nitrogen and oxygen atoms in total. The van der Waals surface area contributed by atoms with Crippen LogP contribution in [0.5, 0.6) is 0 Å². The lowest BCUT2D eigenvalue weighted by Crippen LogP contribution is -2.51. The monoisotopic (exact) mass is 382 g/mol. The lowest BCUT2D eigenvalue weighted by molar-refractivity contribution is 0.00481. The van der Waals surface area contributed by atoms with E-state index in [2.05, 4.69) is 24.5 Å². The number of hydrogen-bond acceptors (Lipinski definition) is 4. The molecular weight excluding hydrogens is 348 g/mol. The largest absolute Gasteiger partial charge is 0.379 e. The van der Waals surface area contributed by atoms with Crippen LogP contribution in [-0.2, 0) is 10.3 Å². The Morgan fingerprint density at radius 1 is 1.07 bits per heavy atom. The molecule has 0 bridgehead atoms. The summed E-state index contributed by atoms with van der Waals surface area (Å²) in [5, 5.41) is 19.0. The standard InChI is InChI=1S/C24H34N2O2/c1-19(2)16-23(26-18-28-17-22-14-9-15-25-22)24(27,20-10-5-3-6-11-20)21-12-7-4-8-13-21/h3-8,10-13,19,22-23,25-27H,9,14-18H2,1-2H3/t22-,23-/m1/s1. The molecule has 1 aliphatic heterocycles. The van der Waals surface area contributed by atoms with E-state index in [4.69, 9.17) is 4.74 Å². The van der Waals surface area contributed by atoms with E-state index in [-0.39, 0.29) is 6.04 Å². The van der Waals surface area contributed by atoms with E-state index in [0.29, 0.717) is 25.3 Å². The molecule has 2 atom stereocenters. The van der Waals surface area contributed by atoms with Crippen LogP contribution in [0.15, 0.2) is 60.7 Å². The molecule has 1 aliphatic rings. The molecule has 0 radical (unpaired) electrons. The maximum absolute atomic E-state index is 12.0. The second-order valence-corrected chi connectivity index (χ2v) is 8.19. The van der Waals surface area contributed by atoms with Gasteiger partial charge in [-0.2, -0.15) is 0 Å². The maximum Gasteiger partial charge on any atom is 0.130 e. The van der Waals surface area contributed by atoms with Crippen molar-refractivity contribution >= 4 is 0 Å². The summed E-state index contributed by atoms with van der Waals surface area (Å²) in [7, 11) is 0. The SMILES string of the molecule is CC(C)C[C@@H](NCOC[C@H]1CCCN1)C(O)(c1ccccc1)c1ccccc1. The number of rotatable bonds is 10. The molecule has 4 heteroatoms. The first-order valence-electron chi connectivity index (χ1n) is 10.5. The Labute approximate surface area is 169 Å². The van der Waals surface area contributed by atoms with Gasteiger partial charge in [0, 0.05) is 12.1 Å². The third-order valence-corrected chi connectivity index (χ3v) is 5.55. The van der Waals surface area contributed by atoms with Crippen LogP contribution in [0, 0.1) is 5.92 Å². The molecule has 2 aromatic rings. The van der Waals surface area contributed by atoms with Crippen LogP contribution in [0.2, 0.25) is 0 Å². The minimum Gasteiger partial charge on any atom is -0.379 e. The summed E-state index contributed by atoms with van der Waals surface area (Å²) >= 11 is 0. The molecule has 0 aromatic heterocycles. The molecule has 0 aliphatic carbocycles. The van der Waals surface area contributed by atoms with Crippen molar-refractivity contribution in [2.75, 3.05) is 19.9 Å². The first kappa shape index (κ1) is 21.0. The van der Waals surface area contributed by atoms with E-state index in [9.17, 15) is 5.11 Å². The molecule has 0 unspecified atom stereocenters. The van der Waals surface area contributed by atoms with Gasteiger partial charge in [0.1, 0.15) is 5.60 Å². The highest BCUT2D eigenvalue weighted by atomic mass is 16.5. The first-order valence-corrected chi connectivity index (χ1v) is 10.5. The molecule has 2 aromatic carbocycles. The second-order valence-electron chi connectivity index (χ2n) is 8.19. The van der Waals surface area contributed by atoms with E-state index < -0.39 is 5.60 Å². The van der Waals surface area contributed by atoms with Crippen molar-refractivity contribution in [2.24, 2.45) is 5.92 Å². The summed E-state index contributed by atoms with van der Waals surface area (Å²) in [6, 6.07) is 20.2. The normalized spacial score (nSPS) is 18.5. The highest BCUT2D eigenvalue weighted by Crippen LogP contribution is 2.35. The fourth-order valence-corrected chi connectivity index (χ4v) is 4.09. The van der Waals surface area contributed by atoms with Gasteiger partial charge >= 0.3 is 0 Å². The first-order chi connectivity index (χ1) is 13.6. The summed E-state index contributed by atoms with van der Waals surface area (Å²) in [5.41, 5.74) is 0.676. The van der Waals surface area contributed by atoms with E-state index in [1.165, 1.54) is 12.8 Å². The van der Waals surface area contributed by atoms with Gasteiger partial charge in [-0.3, -0.25) is 5.32 Å². The summed E-state index contributed by atoms with van der Waals surface area (Å²) in [5.74, 6) is 0.438. The number of aliphatic hydroxyl groups is 1. The molecule has 0 saturated carbocycles. The Morgan fingerprint density at radius 2 is 1.68 bits per heavy atom. The van der Waals surface area contributed by atoms with Gasteiger partial charge in [-0.05, 0) is 42.9 Å². The lowest BCUT2D eigenvalue weighted by Gasteiger charge is -2.39. The summed E-state index contributed by atoms with van der Waals surface area (Å²) in [6.45, 7) is 6.59. The van der Waals surface area contributed by atoms with E-state index >= 15 is 0 Å². The molecule has 28 heavy (non-hydrogen) atoms. The third kappa shape index (κ3) is 5.21. The van der Waals surface area contributed by atoms with E-state index in [1.807, 2.05) is 60.7 Å². The van der Waals surface area contributed by atoms with Crippen LogP contribution in [0.4, 0.5) is 0 Å². The van der Waals surface area contributed by atoms with Gasteiger partial charge in [-0.25, -0.2) is 0 Å². The molecular formula is C24H34N2O2. The Bertz CT molecular complexity index is 645. The molecule has 3 N–H and O–H groups in total. The van der Waals surface area contributed by atoms with Crippen LogP contribution in [0.25, 0.3) is 0 Å². The number of hydrogen-bond donors (Lipinski definition) is 3. The molecule has 0 spiro atoms. The van der Waals surface area contributed by atoms with Crippen LogP contribution >= 0.6 is 0 Å². The van der Waals surface area contributed by atoms with Crippen molar-refractivity contribution in [3.8, 4) is 0 Å². The van der Waals surface area contributed by atoms with Crippen molar-refractivity contribution in [3.63, 3.8) is 0 Å².